The van der Waals surface area contributed by atoms with Crippen LogP contribution in [0.25, 0.3) is 0 Å². The normalized spacial score (nSPS) is 12.3. The van der Waals surface area contributed by atoms with Gasteiger partial charge in [0.15, 0.2) is 0 Å². The number of aryl methyl sites for hydroxylation is 1. The van der Waals surface area contributed by atoms with E-state index in [1.807, 2.05) is 12.1 Å². The van der Waals surface area contributed by atoms with Crippen molar-refractivity contribution < 1.29 is 0 Å². The van der Waals surface area contributed by atoms with Crippen molar-refractivity contribution in [2.75, 3.05) is 6.54 Å². The molecule has 0 heterocycles. The van der Waals surface area contributed by atoms with Gasteiger partial charge in [0.1, 0.15) is 0 Å². The SMILES string of the molecule is CCCNC(Cc1ccccc1Cl)c1cccc(CC)c1. The molecule has 0 aliphatic heterocycles. The Balaban J connectivity index is 2.23. The lowest BCUT2D eigenvalue weighted by molar-refractivity contribution is 0.529. The summed E-state index contributed by atoms with van der Waals surface area (Å²) in [4.78, 5) is 0. The maximum absolute atomic E-state index is 6.32. The van der Waals surface area contributed by atoms with E-state index in [9.17, 15) is 0 Å². The average molecular weight is 302 g/mol. The molecule has 0 amide bonds. The molecule has 2 aromatic carbocycles. The summed E-state index contributed by atoms with van der Waals surface area (Å²) in [7, 11) is 0. The van der Waals surface area contributed by atoms with Crippen LogP contribution in [0.2, 0.25) is 5.02 Å². The Labute approximate surface area is 133 Å². The molecule has 21 heavy (non-hydrogen) atoms. The molecule has 0 aliphatic carbocycles. The highest BCUT2D eigenvalue weighted by Gasteiger charge is 2.13. The third-order valence-electron chi connectivity index (χ3n) is 3.78. The van der Waals surface area contributed by atoms with Gasteiger partial charge in [-0.25, -0.2) is 0 Å². The lowest BCUT2D eigenvalue weighted by Crippen LogP contribution is -2.24. The van der Waals surface area contributed by atoms with E-state index < -0.39 is 0 Å². The van der Waals surface area contributed by atoms with Crippen LogP contribution in [0.5, 0.6) is 0 Å². The Morgan fingerprint density at radius 3 is 2.57 bits per heavy atom. The van der Waals surface area contributed by atoms with Gasteiger partial charge < -0.3 is 5.32 Å². The van der Waals surface area contributed by atoms with Gasteiger partial charge in [0.2, 0.25) is 0 Å². The zero-order valence-corrected chi connectivity index (χ0v) is 13.7. The van der Waals surface area contributed by atoms with Gasteiger partial charge in [0, 0.05) is 11.1 Å². The monoisotopic (exact) mass is 301 g/mol. The molecule has 0 aliphatic rings. The topological polar surface area (TPSA) is 12.0 Å². The van der Waals surface area contributed by atoms with E-state index in [0.29, 0.717) is 6.04 Å². The fraction of sp³-hybridized carbons (Fsp3) is 0.368. The molecule has 112 valence electrons. The van der Waals surface area contributed by atoms with Crippen LogP contribution in [-0.2, 0) is 12.8 Å². The summed E-state index contributed by atoms with van der Waals surface area (Å²) >= 11 is 6.32. The summed E-state index contributed by atoms with van der Waals surface area (Å²) in [6, 6.07) is 17.3. The van der Waals surface area contributed by atoms with Crippen LogP contribution in [-0.4, -0.2) is 6.54 Å². The lowest BCUT2D eigenvalue weighted by atomic mass is 9.96. The smallest absolute Gasteiger partial charge is 0.0438 e. The number of rotatable bonds is 7. The summed E-state index contributed by atoms with van der Waals surface area (Å²) in [5.74, 6) is 0. The van der Waals surface area contributed by atoms with Gasteiger partial charge in [-0.2, -0.15) is 0 Å². The maximum Gasteiger partial charge on any atom is 0.0438 e. The molecule has 0 aromatic heterocycles. The lowest BCUT2D eigenvalue weighted by Gasteiger charge is -2.20. The predicted molar refractivity (Wildman–Crippen MR) is 92.0 cm³/mol. The number of hydrogen-bond acceptors (Lipinski definition) is 1. The van der Waals surface area contributed by atoms with E-state index in [-0.39, 0.29) is 0 Å². The van der Waals surface area contributed by atoms with Crippen molar-refractivity contribution in [1.82, 2.24) is 5.32 Å². The number of nitrogens with one attached hydrogen (secondary N) is 1. The van der Waals surface area contributed by atoms with Crippen LogP contribution in [0, 0.1) is 0 Å². The standard InChI is InChI=1S/C19H24ClN/c1-3-12-21-19(14-16-9-5-6-11-18(16)20)17-10-7-8-15(4-2)13-17/h5-11,13,19,21H,3-4,12,14H2,1-2H3. The summed E-state index contributed by atoms with van der Waals surface area (Å²) < 4.78 is 0. The summed E-state index contributed by atoms with van der Waals surface area (Å²) in [6.07, 6.45) is 3.12. The molecule has 0 radical (unpaired) electrons. The van der Waals surface area contributed by atoms with Crippen molar-refractivity contribution >= 4 is 11.6 Å². The van der Waals surface area contributed by atoms with Crippen molar-refractivity contribution in [2.45, 2.75) is 39.2 Å². The molecule has 2 rings (SSSR count). The zero-order valence-electron chi connectivity index (χ0n) is 12.9. The maximum atomic E-state index is 6.32. The largest absolute Gasteiger partial charge is 0.310 e. The molecule has 0 spiro atoms. The van der Waals surface area contributed by atoms with Crippen LogP contribution < -0.4 is 5.32 Å². The van der Waals surface area contributed by atoms with Crippen molar-refractivity contribution in [3.63, 3.8) is 0 Å². The fourth-order valence-electron chi connectivity index (χ4n) is 2.54. The highest BCUT2D eigenvalue weighted by molar-refractivity contribution is 6.31. The van der Waals surface area contributed by atoms with E-state index in [1.54, 1.807) is 0 Å². The second kappa shape index (κ2) is 8.21. The molecule has 2 aromatic rings. The zero-order chi connectivity index (χ0) is 15.1. The van der Waals surface area contributed by atoms with Gasteiger partial charge in [-0.15, -0.1) is 0 Å². The van der Waals surface area contributed by atoms with Gasteiger partial charge in [-0.05, 0) is 48.6 Å². The minimum Gasteiger partial charge on any atom is -0.310 e. The van der Waals surface area contributed by atoms with Gasteiger partial charge in [-0.3, -0.25) is 0 Å². The van der Waals surface area contributed by atoms with E-state index >= 15 is 0 Å². The molecule has 1 nitrogen and oxygen atoms in total. The molecular weight excluding hydrogens is 278 g/mol. The number of benzene rings is 2. The van der Waals surface area contributed by atoms with Crippen LogP contribution >= 0.6 is 11.6 Å². The molecule has 1 atom stereocenters. The molecular formula is C19H24ClN. The first-order valence-corrected chi connectivity index (χ1v) is 8.18. The Hall–Kier alpha value is -1.31. The molecule has 0 saturated heterocycles. The van der Waals surface area contributed by atoms with Crippen LogP contribution in [0.15, 0.2) is 48.5 Å². The van der Waals surface area contributed by atoms with Gasteiger partial charge in [0.05, 0.1) is 0 Å². The minimum absolute atomic E-state index is 0.316. The summed E-state index contributed by atoms with van der Waals surface area (Å²) in [6.45, 7) is 5.41. The van der Waals surface area contributed by atoms with Crippen molar-refractivity contribution in [3.8, 4) is 0 Å². The third-order valence-corrected chi connectivity index (χ3v) is 4.15. The van der Waals surface area contributed by atoms with Gasteiger partial charge in [0.25, 0.3) is 0 Å². The molecule has 0 saturated carbocycles. The molecule has 0 bridgehead atoms. The first-order valence-electron chi connectivity index (χ1n) is 7.80. The van der Waals surface area contributed by atoms with E-state index in [2.05, 4.69) is 55.6 Å². The highest BCUT2D eigenvalue weighted by Crippen LogP contribution is 2.24. The van der Waals surface area contributed by atoms with Crippen LogP contribution in [0.4, 0.5) is 0 Å². The van der Waals surface area contributed by atoms with Gasteiger partial charge in [-0.1, -0.05) is 67.9 Å². The first-order chi connectivity index (χ1) is 10.2. The predicted octanol–water partition coefficient (Wildman–Crippen LogP) is 5.19. The number of hydrogen-bond donors (Lipinski definition) is 1. The Kier molecular flexibility index (Phi) is 6.28. The summed E-state index contributed by atoms with van der Waals surface area (Å²) in [5, 5.41) is 4.51. The fourth-order valence-corrected chi connectivity index (χ4v) is 2.75. The van der Waals surface area contributed by atoms with E-state index in [0.717, 1.165) is 30.8 Å². The second-order valence-corrected chi connectivity index (χ2v) is 5.81. The minimum atomic E-state index is 0.316. The highest BCUT2D eigenvalue weighted by atomic mass is 35.5. The Morgan fingerprint density at radius 2 is 1.86 bits per heavy atom. The van der Waals surface area contributed by atoms with Crippen LogP contribution in [0.3, 0.4) is 0 Å². The van der Waals surface area contributed by atoms with E-state index in [4.69, 9.17) is 11.6 Å². The van der Waals surface area contributed by atoms with Crippen molar-refractivity contribution in [3.05, 3.63) is 70.2 Å². The molecule has 1 unspecified atom stereocenters. The molecule has 0 fully saturated rings. The number of halogens is 1. The second-order valence-electron chi connectivity index (χ2n) is 5.40. The molecule has 1 N–H and O–H groups in total. The van der Waals surface area contributed by atoms with Crippen LogP contribution in [0.1, 0.15) is 43.0 Å². The van der Waals surface area contributed by atoms with E-state index in [1.165, 1.54) is 16.7 Å². The average Bonchev–Trinajstić information content (AvgIpc) is 2.53. The quantitative estimate of drug-likeness (QED) is 0.742. The Morgan fingerprint density at radius 1 is 1.05 bits per heavy atom. The molecule has 2 heteroatoms. The third kappa shape index (κ3) is 4.59. The Bertz CT molecular complexity index is 565. The first kappa shape index (κ1) is 16.1. The van der Waals surface area contributed by atoms with Gasteiger partial charge >= 0.3 is 0 Å². The summed E-state index contributed by atoms with van der Waals surface area (Å²) in [5.41, 5.74) is 3.94. The van der Waals surface area contributed by atoms with Crippen molar-refractivity contribution in [1.29, 1.82) is 0 Å². The van der Waals surface area contributed by atoms with Crippen molar-refractivity contribution in [2.24, 2.45) is 0 Å².